The van der Waals surface area contributed by atoms with E-state index in [0.29, 0.717) is 16.6 Å². The van der Waals surface area contributed by atoms with Crippen molar-refractivity contribution in [1.82, 2.24) is 10.2 Å². The van der Waals surface area contributed by atoms with E-state index < -0.39 is 6.04 Å². The van der Waals surface area contributed by atoms with E-state index in [1.807, 2.05) is 6.07 Å². The molecular weight excluding hydrogens is 311 g/mol. The van der Waals surface area contributed by atoms with Gasteiger partial charge in [-0.2, -0.15) is 0 Å². The molecule has 1 aliphatic carbocycles. The normalized spacial score (nSPS) is 26.0. The Kier molecular flexibility index (Phi) is 3.84. The fraction of sp³-hybridized carbons (Fsp3) is 0.467. The van der Waals surface area contributed by atoms with Gasteiger partial charge in [0.05, 0.1) is 10.0 Å². The van der Waals surface area contributed by atoms with E-state index in [1.165, 1.54) is 0 Å². The van der Waals surface area contributed by atoms with Crippen molar-refractivity contribution in [3.63, 3.8) is 0 Å². The first-order valence-electron chi connectivity index (χ1n) is 7.03. The number of hydrogen-bond donors (Lipinski definition) is 1. The van der Waals surface area contributed by atoms with Gasteiger partial charge in [-0.25, -0.2) is 0 Å². The summed E-state index contributed by atoms with van der Waals surface area (Å²) in [5, 5.41) is 3.66. The number of carbonyl (C=O) groups is 2. The fourth-order valence-corrected chi connectivity index (χ4v) is 3.18. The molecule has 1 saturated carbocycles. The second-order valence-electron chi connectivity index (χ2n) is 5.69. The molecule has 1 heterocycles. The summed E-state index contributed by atoms with van der Waals surface area (Å²) in [4.78, 5) is 26.3. The first kappa shape index (κ1) is 14.7. The molecule has 2 aliphatic rings. The van der Waals surface area contributed by atoms with Gasteiger partial charge < -0.3 is 10.2 Å². The molecule has 1 aromatic carbocycles. The van der Waals surface area contributed by atoms with E-state index in [-0.39, 0.29) is 23.8 Å². The van der Waals surface area contributed by atoms with Crippen LogP contribution in [-0.2, 0) is 16.1 Å². The van der Waals surface area contributed by atoms with Crippen molar-refractivity contribution in [2.45, 2.75) is 38.4 Å². The van der Waals surface area contributed by atoms with Gasteiger partial charge in [0, 0.05) is 6.54 Å². The van der Waals surface area contributed by atoms with Crippen molar-refractivity contribution in [3.8, 4) is 0 Å². The molecule has 0 aromatic heterocycles. The summed E-state index contributed by atoms with van der Waals surface area (Å²) in [6, 6.07) is 4.46. The van der Waals surface area contributed by atoms with Gasteiger partial charge in [-0.15, -0.1) is 0 Å². The minimum Gasteiger partial charge on any atom is -0.343 e. The quantitative estimate of drug-likeness (QED) is 0.928. The van der Waals surface area contributed by atoms with Crippen LogP contribution in [0.15, 0.2) is 18.2 Å². The lowest BCUT2D eigenvalue weighted by molar-refractivity contribution is -0.150. The third-order valence-corrected chi connectivity index (χ3v) is 4.92. The zero-order chi connectivity index (χ0) is 15.1. The highest BCUT2D eigenvalue weighted by molar-refractivity contribution is 6.42. The first-order valence-corrected chi connectivity index (χ1v) is 7.78. The third-order valence-electron chi connectivity index (χ3n) is 4.06. The Morgan fingerprint density at radius 3 is 2.67 bits per heavy atom. The smallest absolute Gasteiger partial charge is 0.245 e. The standard InChI is InChI=1S/C15H16Cl2N2O2/c1-8-15(21)19(13(9-5-6-9)14(20)18-8)7-10-3-2-4-11(16)12(10)17/h2-4,8-9,13H,5-7H2,1H3,(H,18,20). The molecule has 3 rings (SSSR count). The summed E-state index contributed by atoms with van der Waals surface area (Å²) in [6.45, 7) is 2.02. The molecule has 112 valence electrons. The number of nitrogens with zero attached hydrogens (tertiary/aromatic N) is 1. The van der Waals surface area contributed by atoms with Gasteiger partial charge in [-0.05, 0) is 37.3 Å². The molecular formula is C15H16Cl2N2O2. The molecule has 2 atom stereocenters. The Hall–Kier alpha value is -1.26. The lowest BCUT2D eigenvalue weighted by atomic mass is 10.0. The van der Waals surface area contributed by atoms with Crippen LogP contribution in [0.25, 0.3) is 0 Å². The van der Waals surface area contributed by atoms with Gasteiger partial charge in [0.25, 0.3) is 0 Å². The lowest BCUT2D eigenvalue weighted by Crippen LogP contribution is -2.62. The van der Waals surface area contributed by atoms with E-state index in [9.17, 15) is 9.59 Å². The van der Waals surface area contributed by atoms with Gasteiger partial charge in [-0.1, -0.05) is 35.3 Å². The third kappa shape index (κ3) is 2.74. The lowest BCUT2D eigenvalue weighted by Gasteiger charge is -2.38. The van der Waals surface area contributed by atoms with E-state index in [0.717, 1.165) is 18.4 Å². The topological polar surface area (TPSA) is 49.4 Å². The zero-order valence-electron chi connectivity index (χ0n) is 11.6. The van der Waals surface area contributed by atoms with Crippen LogP contribution in [0.3, 0.4) is 0 Å². The van der Waals surface area contributed by atoms with Gasteiger partial charge >= 0.3 is 0 Å². The monoisotopic (exact) mass is 326 g/mol. The maximum Gasteiger partial charge on any atom is 0.245 e. The van der Waals surface area contributed by atoms with E-state index in [1.54, 1.807) is 24.0 Å². The van der Waals surface area contributed by atoms with Crippen molar-refractivity contribution in [3.05, 3.63) is 33.8 Å². The summed E-state index contributed by atoms with van der Waals surface area (Å²) in [6.07, 6.45) is 1.97. The average molecular weight is 327 g/mol. The number of amides is 2. The van der Waals surface area contributed by atoms with Gasteiger partial charge in [0.2, 0.25) is 11.8 Å². The summed E-state index contributed by atoms with van der Waals surface area (Å²) in [7, 11) is 0. The van der Waals surface area contributed by atoms with E-state index in [4.69, 9.17) is 23.2 Å². The molecule has 2 unspecified atom stereocenters. The van der Waals surface area contributed by atoms with Crippen molar-refractivity contribution < 1.29 is 9.59 Å². The van der Waals surface area contributed by atoms with Crippen LogP contribution in [-0.4, -0.2) is 28.8 Å². The Morgan fingerprint density at radius 1 is 1.29 bits per heavy atom. The molecule has 0 spiro atoms. The van der Waals surface area contributed by atoms with Gasteiger partial charge in [0.15, 0.2) is 0 Å². The van der Waals surface area contributed by atoms with Gasteiger partial charge in [-0.3, -0.25) is 9.59 Å². The maximum absolute atomic E-state index is 12.4. The number of benzene rings is 1. The number of hydrogen-bond acceptors (Lipinski definition) is 2. The summed E-state index contributed by atoms with van der Waals surface area (Å²) < 4.78 is 0. The van der Waals surface area contributed by atoms with Crippen LogP contribution >= 0.6 is 23.2 Å². The molecule has 21 heavy (non-hydrogen) atoms. The van der Waals surface area contributed by atoms with Crippen LogP contribution in [0.4, 0.5) is 0 Å². The highest BCUT2D eigenvalue weighted by Gasteiger charge is 2.46. The van der Waals surface area contributed by atoms with Crippen molar-refractivity contribution in [2.75, 3.05) is 0 Å². The van der Waals surface area contributed by atoms with Crippen LogP contribution in [0.5, 0.6) is 0 Å². The Labute approximate surface area is 133 Å². The number of nitrogens with one attached hydrogen (secondary N) is 1. The summed E-state index contributed by atoms with van der Waals surface area (Å²) >= 11 is 12.2. The zero-order valence-corrected chi connectivity index (χ0v) is 13.1. The van der Waals surface area contributed by atoms with Gasteiger partial charge in [0.1, 0.15) is 12.1 Å². The van der Waals surface area contributed by atoms with Crippen LogP contribution in [0, 0.1) is 5.92 Å². The summed E-state index contributed by atoms with van der Waals surface area (Å²) in [5.74, 6) is 0.129. The molecule has 2 fully saturated rings. The summed E-state index contributed by atoms with van der Waals surface area (Å²) in [5.41, 5.74) is 0.769. The number of piperazine rings is 1. The van der Waals surface area contributed by atoms with Crippen molar-refractivity contribution in [1.29, 1.82) is 0 Å². The molecule has 1 aliphatic heterocycles. The molecule has 6 heteroatoms. The molecule has 0 bridgehead atoms. The number of carbonyl (C=O) groups excluding carboxylic acids is 2. The molecule has 1 saturated heterocycles. The predicted molar refractivity (Wildman–Crippen MR) is 81.1 cm³/mol. The molecule has 4 nitrogen and oxygen atoms in total. The Balaban J connectivity index is 1.91. The highest BCUT2D eigenvalue weighted by atomic mass is 35.5. The van der Waals surface area contributed by atoms with Crippen LogP contribution in [0.1, 0.15) is 25.3 Å². The van der Waals surface area contributed by atoms with E-state index >= 15 is 0 Å². The minimum atomic E-state index is -0.495. The van der Waals surface area contributed by atoms with E-state index in [2.05, 4.69) is 5.32 Å². The molecule has 1 aromatic rings. The first-order chi connectivity index (χ1) is 9.99. The Morgan fingerprint density at radius 2 is 2.00 bits per heavy atom. The number of rotatable bonds is 3. The Bertz CT molecular complexity index is 601. The molecule has 2 amide bonds. The maximum atomic E-state index is 12.4. The number of halogens is 2. The molecule has 1 N–H and O–H groups in total. The second-order valence-corrected chi connectivity index (χ2v) is 6.48. The van der Waals surface area contributed by atoms with Crippen molar-refractivity contribution >= 4 is 35.0 Å². The SMILES string of the molecule is CC1NC(=O)C(C2CC2)N(Cc2cccc(Cl)c2Cl)C1=O. The predicted octanol–water partition coefficient (Wildman–Crippen LogP) is 2.62. The largest absolute Gasteiger partial charge is 0.343 e. The minimum absolute atomic E-state index is 0.0669. The van der Waals surface area contributed by atoms with Crippen LogP contribution in [0.2, 0.25) is 10.0 Å². The molecule has 0 radical (unpaired) electrons. The van der Waals surface area contributed by atoms with Crippen LogP contribution < -0.4 is 5.32 Å². The highest BCUT2D eigenvalue weighted by Crippen LogP contribution is 2.38. The fourth-order valence-electron chi connectivity index (χ4n) is 2.80. The second kappa shape index (κ2) is 5.50. The van der Waals surface area contributed by atoms with Crippen molar-refractivity contribution in [2.24, 2.45) is 5.92 Å². The average Bonchev–Trinajstić information content (AvgIpc) is 3.25.